The van der Waals surface area contributed by atoms with Crippen LogP contribution in [0.15, 0.2) is 12.7 Å². The van der Waals surface area contributed by atoms with Crippen molar-refractivity contribution in [2.24, 2.45) is 17.6 Å². The van der Waals surface area contributed by atoms with Crippen LogP contribution in [0.2, 0.25) is 0 Å². The van der Waals surface area contributed by atoms with Crippen molar-refractivity contribution in [3.8, 4) is 0 Å². The lowest BCUT2D eigenvalue weighted by molar-refractivity contribution is 0.0246. The second-order valence-corrected chi connectivity index (χ2v) is 12.2. The molecule has 2 aromatic rings. The number of hydrogen-bond donors (Lipinski definition) is 3. The summed E-state index contributed by atoms with van der Waals surface area (Å²) in [6.07, 6.45) is 12.2. The molecule has 3 aliphatic rings. The Morgan fingerprint density at radius 3 is 2.68 bits per heavy atom. The van der Waals surface area contributed by atoms with E-state index in [1.165, 1.54) is 19.3 Å². The van der Waals surface area contributed by atoms with Gasteiger partial charge in [-0.1, -0.05) is 32.3 Å². The summed E-state index contributed by atoms with van der Waals surface area (Å²) in [5.74, 6) is 2.15. The average Bonchev–Trinajstić information content (AvgIpc) is 3.52. The zero-order valence-electron chi connectivity index (χ0n) is 24.8. The molecular formula is C30H46N8O3. The van der Waals surface area contributed by atoms with Crippen LogP contribution in [0.5, 0.6) is 0 Å². The van der Waals surface area contributed by atoms with Gasteiger partial charge in [0.25, 0.3) is 5.90 Å². The first-order chi connectivity index (χ1) is 19.8. The molecule has 1 amide bonds. The van der Waals surface area contributed by atoms with Crippen LogP contribution in [0.25, 0.3) is 11.2 Å². The molecule has 0 aromatic carbocycles. The van der Waals surface area contributed by atoms with Crippen molar-refractivity contribution in [2.75, 3.05) is 23.4 Å². The predicted molar refractivity (Wildman–Crippen MR) is 161 cm³/mol. The smallest absolute Gasteiger partial charge is 0.388 e. The minimum absolute atomic E-state index is 0.0116. The van der Waals surface area contributed by atoms with E-state index in [4.69, 9.17) is 30.6 Å². The van der Waals surface area contributed by atoms with Gasteiger partial charge in [-0.3, -0.25) is 5.41 Å². The molecule has 3 unspecified atom stereocenters. The number of allylic oxidation sites excluding steroid dienone is 1. The van der Waals surface area contributed by atoms with Gasteiger partial charge < -0.3 is 30.0 Å². The number of morpholine rings is 1. The van der Waals surface area contributed by atoms with Crippen molar-refractivity contribution in [3.05, 3.63) is 18.5 Å². The van der Waals surface area contributed by atoms with E-state index < -0.39 is 12.0 Å². The number of fused-ring (bicyclic) bond motifs is 2. The second kappa shape index (κ2) is 12.8. The molecule has 2 aromatic heterocycles. The molecule has 224 valence electrons. The highest BCUT2D eigenvalue weighted by Gasteiger charge is 2.39. The first-order valence-electron chi connectivity index (χ1n) is 15.4. The van der Waals surface area contributed by atoms with Gasteiger partial charge in [-0.2, -0.15) is 4.98 Å². The number of ether oxygens (including phenoxy) is 2. The van der Waals surface area contributed by atoms with Gasteiger partial charge in [-0.05, 0) is 70.6 Å². The van der Waals surface area contributed by atoms with Crippen molar-refractivity contribution in [1.82, 2.24) is 19.5 Å². The predicted octanol–water partition coefficient (Wildman–Crippen LogP) is 5.55. The summed E-state index contributed by atoms with van der Waals surface area (Å²) >= 11 is 0. The van der Waals surface area contributed by atoms with Crippen LogP contribution in [-0.2, 0) is 9.47 Å². The molecule has 3 fully saturated rings. The van der Waals surface area contributed by atoms with E-state index in [9.17, 15) is 4.79 Å². The Kier molecular flexibility index (Phi) is 9.11. The lowest BCUT2D eigenvalue weighted by Gasteiger charge is -2.39. The minimum Gasteiger partial charge on any atom is -0.388 e. The first kappa shape index (κ1) is 29.3. The molecule has 0 bridgehead atoms. The van der Waals surface area contributed by atoms with Crippen LogP contribution in [0.4, 0.5) is 16.6 Å². The number of primary amides is 1. The fourth-order valence-electron chi connectivity index (χ4n) is 6.70. The van der Waals surface area contributed by atoms with Gasteiger partial charge in [0.05, 0.1) is 18.8 Å². The van der Waals surface area contributed by atoms with E-state index in [0.29, 0.717) is 29.9 Å². The van der Waals surface area contributed by atoms with Crippen LogP contribution in [0.3, 0.4) is 0 Å². The molecule has 1 aliphatic heterocycles. The van der Waals surface area contributed by atoms with Crippen molar-refractivity contribution in [2.45, 2.75) is 109 Å². The summed E-state index contributed by atoms with van der Waals surface area (Å²) in [5, 5.41) is 12.0. The van der Waals surface area contributed by atoms with Gasteiger partial charge in [-0.15, -0.1) is 6.58 Å². The molecule has 1 saturated heterocycles. The summed E-state index contributed by atoms with van der Waals surface area (Å²) in [4.78, 5) is 28.3. The Morgan fingerprint density at radius 2 is 1.98 bits per heavy atom. The number of nitrogens with two attached hydrogens (primary N) is 1. The zero-order valence-corrected chi connectivity index (χ0v) is 24.8. The van der Waals surface area contributed by atoms with E-state index in [1.807, 2.05) is 6.08 Å². The number of hydrogen-bond acceptors (Lipinski definition) is 9. The van der Waals surface area contributed by atoms with E-state index in [-0.39, 0.29) is 30.1 Å². The van der Waals surface area contributed by atoms with Crippen molar-refractivity contribution >= 4 is 34.9 Å². The van der Waals surface area contributed by atoms with Crippen molar-refractivity contribution in [1.29, 1.82) is 5.41 Å². The van der Waals surface area contributed by atoms with Crippen molar-refractivity contribution in [3.63, 3.8) is 0 Å². The SMILES string of the molecule is C=CC[C@H](C)CCCC(C)n1c(N2CCOC3CCCC32)nc2nc(C(=N)OC(N)=O)nc(N[C@H](C)C3CCC3)c21. The molecule has 2 saturated carbocycles. The standard InChI is InChI=1S/C30H46N8O3/c1-5-9-18(2)10-6-11-19(3)38-24-26(33-20(4)21-12-7-13-21)34-28(25(31)41-29(32)39)35-27(24)36-30(38)37-16-17-40-23-15-8-14-22(23)37/h5,18-23,31H,1,6-17H2,2-4H3,(H2,32,39)(H,33,34,35)/t18-,19?,20+,22?,23?/m0/s1. The molecule has 5 rings (SSSR count). The number of nitrogens with zero attached hydrogens (tertiary/aromatic N) is 5. The monoisotopic (exact) mass is 566 g/mol. The molecular weight excluding hydrogens is 520 g/mol. The van der Waals surface area contributed by atoms with Crippen LogP contribution < -0.4 is 16.0 Å². The number of nitrogens with one attached hydrogen (secondary N) is 2. The number of carbonyl (C=O) groups is 1. The number of aromatic nitrogens is 4. The molecule has 3 heterocycles. The Balaban J connectivity index is 1.59. The number of imidazole rings is 1. The third-order valence-electron chi connectivity index (χ3n) is 9.22. The molecule has 2 aliphatic carbocycles. The summed E-state index contributed by atoms with van der Waals surface area (Å²) in [6, 6.07) is 0.600. The Bertz CT molecular complexity index is 1260. The highest BCUT2D eigenvalue weighted by atomic mass is 16.6. The minimum atomic E-state index is -1.07. The third-order valence-corrected chi connectivity index (χ3v) is 9.22. The Labute approximate surface area is 242 Å². The van der Waals surface area contributed by atoms with Crippen LogP contribution in [0, 0.1) is 17.2 Å². The van der Waals surface area contributed by atoms with Gasteiger partial charge in [0.2, 0.25) is 11.8 Å². The second-order valence-electron chi connectivity index (χ2n) is 12.2. The highest BCUT2D eigenvalue weighted by molar-refractivity contribution is 5.98. The summed E-state index contributed by atoms with van der Waals surface area (Å²) in [5.41, 5.74) is 6.53. The summed E-state index contributed by atoms with van der Waals surface area (Å²) in [7, 11) is 0. The molecule has 41 heavy (non-hydrogen) atoms. The number of rotatable bonds is 12. The lowest BCUT2D eigenvalue weighted by Crippen LogP contribution is -2.49. The van der Waals surface area contributed by atoms with Crippen LogP contribution in [0.1, 0.15) is 96.8 Å². The maximum Gasteiger partial charge on any atom is 0.411 e. The number of amides is 1. The summed E-state index contributed by atoms with van der Waals surface area (Å²) in [6.45, 7) is 12.0. The normalized spacial score (nSPS) is 23.0. The largest absolute Gasteiger partial charge is 0.411 e. The number of anilines is 2. The van der Waals surface area contributed by atoms with Crippen LogP contribution >= 0.6 is 0 Å². The highest BCUT2D eigenvalue weighted by Crippen LogP contribution is 2.39. The average molecular weight is 567 g/mol. The Morgan fingerprint density at radius 1 is 1.20 bits per heavy atom. The van der Waals surface area contributed by atoms with Gasteiger partial charge in [0.1, 0.15) is 5.52 Å². The van der Waals surface area contributed by atoms with Crippen molar-refractivity contribution < 1.29 is 14.3 Å². The van der Waals surface area contributed by atoms with Gasteiger partial charge in [-0.25, -0.2) is 14.8 Å². The quantitative estimate of drug-likeness (QED) is 0.172. The fourth-order valence-corrected chi connectivity index (χ4v) is 6.70. The maximum atomic E-state index is 11.4. The van der Waals surface area contributed by atoms with Gasteiger partial charge in [0.15, 0.2) is 11.5 Å². The summed E-state index contributed by atoms with van der Waals surface area (Å²) < 4.78 is 13.3. The van der Waals surface area contributed by atoms with E-state index in [0.717, 1.165) is 63.0 Å². The molecule has 11 heteroatoms. The fraction of sp³-hybridized carbons (Fsp3) is 0.700. The van der Waals surface area contributed by atoms with Crippen LogP contribution in [-0.4, -0.2) is 62.8 Å². The van der Waals surface area contributed by atoms with Gasteiger partial charge >= 0.3 is 6.09 Å². The number of carbonyl (C=O) groups excluding carboxylic acids is 1. The molecule has 0 spiro atoms. The Hall–Kier alpha value is -3.21. The lowest BCUT2D eigenvalue weighted by atomic mass is 9.80. The van der Waals surface area contributed by atoms with E-state index in [1.54, 1.807) is 0 Å². The molecule has 0 radical (unpaired) electrons. The van der Waals surface area contributed by atoms with E-state index in [2.05, 4.69) is 47.1 Å². The maximum absolute atomic E-state index is 11.4. The topological polar surface area (TPSA) is 144 Å². The first-order valence-corrected chi connectivity index (χ1v) is 15.4. The van der Waals surface area contributed by atoms with E-state index >= 15 is 0 Å². The molecule has 11 nitrogen and oxygen atoms in total. The molecule has 4 N–H and O–H groups in total. The third kappa shape index (κ3) is 6.34. The zero-order chi connectivity index (χ0) is 29.1. The van der Waals surface area contributed by atoms with Gasteiger partial charge in [0, 0.05) is 18.6 Å². The molecule has 5 atom stereocenters.